The first-order chi connectivity index (χ1) is 17.3. The number of carbonyl (C=O) groups is 4. The van der Waals surface area contributed by atoms with Crippen LogP contribution in [0.4, 0.5) is 0 Å². The highest BCUT2D eigenvalue weighted by atomic mass is 16.4. The van der Waals surface area contributed by atoms with Gasteiger partial charge in [0.15, 0.2) is 5.96 Å². The van der Waals surface area contributed by atoms with Crippen molar-refractivity contribution in [3.05, 3.63) is 35.9 Å². The number of amides is 3. The van der Waals surface area contributed by atoms with Gasteiger partial charge in [0, 0.05) is 13.0 Å². The van der Waals surface area contributed by atoms with E-state index in [1.165, 1.54) is 0 Å². The monoisotopic (exact) mass is 519 g/mol. The molecule has 3 amide bonds. The molecule has 0 aromatic heterocycles. The van der Waals surface area contributed by atoms with E-state index in [0.29, 0.717) is 6.42 Å². The van der Waals surface area contributed by atoms with Crippen LogP contribution in [-0.2, 0) is 25.6 Å². The van der Waals surface area contributed by atoms with Crippen LogP contribution in [0, 0.1) is 11.8 Å². The summed E-state index contributed by atoms with van der Waals surface area (Å²) < 4.78 is 0. The Morgan fingerprint density at radius 1 is 0.865 bits per heavy atom. The van der Waals surface area contributed by atoms with Gasteiger partial charge < -0.3 is 38.3 Å². The maximum atomic E-state index is 13.4. The summed E-state index contributed by atoms with van der Waals surface area (Å²) in [5, 5.41) is 17.3. The number of aliphatic imine (C=N–C) groups is 1. The van der Waals surface area contributed by atoms with Crippen LogP contribution >= 0.6 is 0 Å². The van der Waals surface area contributed by atoms with E-state index in [1.54, 1.807) is 27.7 Å². The molecule has 1 aromatic carbocycles. The van der Waals surface area contributed by atoms with Gasteiger partial charge in [-0.1, -0.05) is 58.0 Å². The van der Waals surface area contributed by atoms with Crippen LogP contribution < -0.4 is 33.2 Å². The smallest absolute Gasteiger partial charge is 0.326 e. The third-order valence-corrected chi connectivity index (χ3v) is 5.75. The van der Waals surface area contributed by atoms with Crippen LogP contribution in [-0.4, -0.2) is 65.5 Å². The average molecular weight is 520 g/mol. The lowest BCUT2D eigenvalue weighted by Gasteiger charge is -2.26. The van der Waals surface area contributed by atoms with Gasteiger partial charge in [-0.3, -0.25) is 19.4 Å². The van der Waals surface area contributed by atoms with E-state index >= 15 is 0 Å². The lowest BCUT2D eigenvalue weighted by atomic mass is 10.0. The number of nitrogens with two attached hydrogens (primary N) is 3. The SMILES string of the molecule is CC(C)C(N)C(=O)NC(Cc1ccccc1)C(=O)NC(CCCN=C(N)N)C(=O)NC(C(=O)O)C(C)C. The molecule has 37 heavy (non-hydrogen) atoms. The van der Waals surface area contributed by atoms with Crippen molar-refractivity contribution in [1.82, 2.24) is 16.0 Å². The molecule has 0 fully saturated rings. The molecule has 4 unspecified atom stereocenters. The zero-order valence-electron chi connectivity index (χ0n) is 21.9. The van der Waals surface area contributed by atoms with Crippen molar-refractivity contribution in [1.29, 1.82) is 0 Å². The molecule has 0 aliphatic rings. The number of nitrogens with zero attached hydrogens (tertiary/aromatic N) is 1. The molecule has 0 spiro atoms. The fourth-order valence-electron chi connectivity index (χ4n) is 3.44. The summed E-state index contributed by atoms with van der Waals surface area (Å²) in [6, 6.07) is 5.00. The van der Waals surface area contributed by atoms with E-state index < -0.39 is 47.9 Å². The number of rotatable bonds is 15. The zero-order chi connectivity index (χ0) is 28.1. The molecule has 10 N–H and O–H groups in total. The van der Waals surface area contributed by atoms with Crippen molar-refractivity contribution in [2.45, 2.75) is 71.1 Å². The first kappa shape index (κ1) is 31.4. The number of aliphatic carboxylic acids is 1. The number of guanidine groups is 1. The number of hydrogen-bond donors (Lipinski definition) is 7. The predicted octanol–water partition coefficient (Wildman–Crippen LogP) is -0.539. The molecule has 0 saturated heterocycles. The number of hydrogen-bond acceptors (Lipinski definition) is 6. The second-order valence-corrected chi connectivity index (χ2v) is 9.60. The summed E-state index contributed by atoms with van der Waals surface area (Å²) >= 11 is 0. The van der Waals surface area contributed by atoms with Crippen molar-refractivity contribution < 1.29 is 24.3 Å². The van der Waals surface area contributed by atoms with Gasteiger partial charge in [0.05, 0.1) is 6.04 Å². The standard InChI is InChI=1S/C25H41N7O5/c1-14(2)19(26)23(35)31-18(13-16-9-6-5-7-10-16)22(34)30-17(11-8-12-29-25(27)28)21(33)32-20(15(3)4)24(36)37/h5-7,9-10,14-15,17-20H,8,11-13,26H2,1-4H3,(H,30,34)(H,31,35)(H,32,33)(H,36,37)(H4,27,28,29). The lowest BCUT2D eigenvalue weighted by molar-refractivity contribution is -0.143. The van der Waals surface area contributed by atoms with Crippen LogP contribution in [0.1, 0.15) is 46.1 Å². The van der Waals surface area contributed by atoms with Crippen LogP contribution in [0.25, 0.3) is 0 Å². The van der Waals surface area contributed by atoms with E-state index in [9.17, 15) is 24.3 Å². The number of carbonyl (C=O) groups excluding carboxylic acids is 3. The first-order valence-corrected chi connectivity index (χ1v) is 12.3. The predicted molar refractivity (Wildman–Crippen MR) is 141 cm³/mol. The molecular formula is C25H41N7O5. The highest BCUT2D eigenvalue weighted by Gasteiger charge is 2.31. The fraction of sp³-hybridized carbons (Fsp3) is 0.560. The van der Waals surface area contributed by atoms with E-state index in [0.717, 1.165) is 5.56 Å². The molecule has 4 atom stereocenters. The molecule has 0 aliphatic carbocycles. The highest BCUT2D eigenvalue weighted by molar-refractivity contribution is 5.94. The largest absolute Gasteiger partial charge is 0.480 e. The molecular weight excluding hydrogens is 478 g/mol. The van der Waals surface area contributed by atoms with Crippen LogP contribution in [0.2, 0.25) is 0 Å². The second-order valence-electron chi connectivity index (χ2n) is 9.60. The minimum atomic E-state index is -1.19. The Balaban J connectivity index is 3.15. The zero-order valence-corrected chi connectivity index (χ0v) is 21.9. The Morgan fingerprint density at radius 3 is 1.95 bits per heavy atom. The van der Waals surface area contributed by atoms with Crippen molar-refractivity contribution in [2.75, 3.05) is 6.54 Å². The first-order valence-electron chi connectivity index (χ1n) is 12.3. The van der Waals surface area contributed by atoms with Crippen LogP contribution in [0.15, 0.2) is 35.3 Å². The fourth-order valence-corrected chi connectivity index (χ4v) is 3.44. The van der Waals surface area contributed by atoms with Gasteiger partial charge in [0.1, 0.15) is 18.1 Å². The molecule has 0 radical (unpaired) electrons. The number of carboxylic acid groups (broad SMARTS) is 1. The Labute approximate surface area is 217 Å². The van der Waals surface area contributed by atoms with Crippen molar-refractivity contribution in [3.8, 4) is 0 Å². The van der Waals surface area contributed by atoms with Crippen LogP contribution in [0.3, 0.4) is 0 Å². The van der Waals surface area contributed by atoms with Gasteiger partial charge in [-0.25, -0.2) is 4.79 Å². The third kappa shape index (κ3) is 11.3. The quantitative estimate of drug-likeness (QED) is 0.0905. The topological polar surface area (TPSA) is 215 Å². The van der Waals surface area contributed by atoms with Crippen molar-refractivity contribution in [3.63, 3.8) is 0 Å². The summed E-state index contributed by atoms with van der Waals surface area (Å²) in [6.07, 6.45) is 0.634. The molecule has 0 aliphatic heterocycles. The maximum absolute atomic E-state index is 13.4. The average Bonchev–Trinajstić information content (AvgIpc) is 2.82. The molecule has 0 heterocycles. The minimum Gasteiger partial charge on any atom is -0.480 e. The normalized spacial score (nSPS) is 14.2. The molecule has 0 bridgehead atoms. The highest BCUT2D eigenvalue weighted by Crippen LogP contribution is 2.09. The van der Waals surface area contributed by atoms with E-state index in [-0.39, 0.29) is 37.2 Å². The number of benzene rings is 1. The van der Waals surface area contributed by atoms with Gasteiger partial charge in [-0.05, 0) is 30.2 Å². The molecule has 1 rings (SSSR count). The second kappa shape index (κ2) is 15.4. The molecule has 206 valence electrons. The molecule has 1 aromatic rings. The van der Waals surface area contributed by atoms with Crippen molar-refractivity contribution in [2.24, 2.45) is 34.0 Å². The Hall–Kier alpha value is -3.67. The summed E-state index contributed by atoms with van der Waals surface area (Å²) in [7, 11) is 0. The van der Waals surface area contributed by atoms with Gasteiger partial charge in [-0.2, -0.15) is 0 Å². The summed E-state index contributed by atoms with van der Waals surface area (Å²) in [5.74, 6) is -3.60. The van der Waals surface area contributed by atoms with Crippen LogP contribution in [0.5, 0.6) is 0 Å². The summed E-state index contributed by atoms with van der Waals surface area (Å²) in [5.41, 5.74) is 17.5. The molecule has 0 saturated carbocycles. The van der Waals surface area contributed by atoms with Crippen molar-refractivity contribution >= 4 is 29.7 Å². The van der Waals surface area contributed by atoms with Gasteiger partial charge in [0.2, 0.25) is 17.7 Å². The Kier molecular flexibility index (Phi) is 13.1. The molecule has 12 nitrogen and oxygen atoms in total. The number of nitrogens with one attached hydrogen (secondary N) is 3. The summed E-state index contributed by atoms with van der Waals surface area (Å²) in [4.78, 5) is 54.6. The van der Waals surface area contributed by atoms with E-state index in [2.05, 4.69) is 20.9 Å². The number of carboxylic acids is 1. The third-order valence-electron chi connectivity index (χ3n) is 5.75. The Bertz CT molecular complexity index is 933. The molecule has 12 heteroatoms. The Morgan fingerprint density at radius 2 is 1.43 bits per heavy atom. The van der Waals surface area contributed by atoms with Gasteiger partial charge in [-0.15, -0.1) is 0 Å². The van der Waals surface area contributed by atoms with Gasteiger partial charge in [0.25, 0.3) is 0 Å². The van der Waals surface area contributed by atoms with E-state index in [1.807, 2.05) is 30.3 Å². The summed E-state index contributed by atoms with van der Waals surface area (Å²) in [6.45, 7) is 7.12. The van der Waals surface area contributed by atoms with Gasteiger partial charge >= 0.3 is 5.97 Å². The minimum absolute atomic E-state index is 0.108. The lowest BCUT2D eigenvalue weighted by Crippen LogP contribution is -2.58. The maximum Gasteiger partial charge on any atom is 0.326 e. The van der Waals surface area contributed by atoms with E-state index in [4.69, 9.17) is 17.2 Å².